The Labute approximate surface area is 249 Å². The number of aromatic nitrogens is 1. The monoisotopic (exact) mass is 584 g/mol. The van der Waals surface area contributed by atoms with E-state index in [-0.39, 0.29) is 11.9 Å². The van der Waals surface area contributed by atoms with Crippen molar-refractivity contribution in [2.24, 2.45) is 5.41 Å². The van der Waals surface area contributed by atoms with E-state index in [1.807, 2.05) is 74.2 Å². The second-order valence-electron chi connectivity index (χ2n) is 10.9. The number of nitrogens with zero attached hydrogens (tertiary/aromatic N) is 2. The molecule has 9 nitrogen and oxygen atoms in total. The van der Waals surface area contributed by atoms with Crippen molar-refractivity contribution in [2.75, 3.05) is 24.4 Å². The van der Waals surface area contributed by atoms with Crippen molar-refractivity contribution in [3.05, 3.63) is 96.0 Å². The maximum atomic E-state index is 12.7. The van der Waals surface area contributed by atoms with Crippen LogP contribution in [0.4, 0.5) is 11.4 Å². The molecule has 1 amide bonds. The highest BCUT2D eigenvalue weighted by molar-refractivity contribution is 7.80. The highest BCUT2D eigenvalue weighted by Gasteiger charge is 2.43. The average Bonchev–Trinajstić information content (AvgIpc) is 3.61. The number of thiocarbonyl (C=S) groups is 1. The molecule has 0 radical (unpaired) electrons. The van der Waals surface area contributed by atoms with Gasteiger partial charge in [-0.2, -0.15) is 0 Å². The molecule has 0 spiro atoms. The summed E-state index contributed by atoms with van der Waals surface area (Å²) in [6, 6.07) is 21.3. The number of ether oxygens (including phenoxy) is 2. The highest BCUT2D eigenvalue weighted by atomic mass is 32.1. The summed E-state index contributed by atoms with van der Waals surface area (Å²) in [6.45, 7) is 5.55. The molecule has 3 heterocycles. The Morgan fingerprint density at radius 3 is 2.52 bits per heavy atom. The smallest absolute Gasteiger partial charge is 0.337 e. The van der Waals surface area contributed by atoms with Gasteiger partial charge in [0.15, 0.2) is 5.11 Å². The number of hydrogen-bond donors (Lipinski definition) is 2. The molecule has 1 fully saturated rings. The van der Waals surface area contributed by atoms with Crippen molar-refractivity contribution >= 4 is 40.6 Å². The second-order valence-corrected chi connectivity index (χ2v) is 11.2. The van der Waals surface area contributed by atoms with E-state index < -0.39 is 17.4 Å². The predicted octanol–water partition coefficient (Wildman–Crippen LogP) is 6.30. The van der Waals surface area contributed by atoms with Gasteiger partial charge in [-0.3, -0.25) is 9.78 Å². The summed E-state index contributed by atoms with van der Waals surface area (Å²) in [7, 11) is 2.91. The number of benzene rings is 2. The minimum Gasteiger partial charge on any atom is -0.494 e. The molecule has 2 aromatic carbocycles. The van der Waals surface area contributed by atoms with Crippen LogP contribution in [0.5, 0.6) is 5.75 Å². The van der Waals surface area contributed by atoms with Gasteiger partial charge in [-0.05, 0) is 60.7 Å². The summed E-state index contributed by atoms with van der Waals surface area (Å²) >= 11 is 5.85. The molecule has 0 unspecified atom stereocenters. The topological polar surface area (TPSA) is 106 Å². The minimum absolute atomic E-state index is 0.126. The number of furan rings is 1. The molecule has 1 saturated heterocycles. The van der Waals surface area contributed by atoms with Gasteiger partial charge in [0, 0.05) is 28.9 Å². The number of carbonyl (C=O) groups excluding carboxylic acids is 2. The number of esters is 1. The Morgan fingerprint density at radius 1 is 1.02 bits per heavy atom. The number of nitrogens with one attached hydrogen (secondary N) is 2. The zero-order chi connectivity index (χ0) is 30.0. The molecular weight excluding hydrogens is 552 g/mol. The third-order valence-corrected chi connectivity index (χ3v) is 7.29. The van der Waals surface area contributed by atoms with Gasteiger partial charge in [-0.25, -0.2) is 4.79 Å². The fraction of sp³-hybridized carbons (Fsp3) is 0.250. The third kappa shape index (κ3) is 5.71. The van der Waals surface area contributed by atoms with Crippen molar-refractivity contribution in [1.29, 1.82) is 0 Å². The number of methoxy groups -OCH3 is 2. The Hall–Kier alpha value is -4.70. The molecule has 216 valence electrons. The van der Waals surface area contributed by atoms with E-state index in [1.54, 1.807) is 37.6 Å². The van der Waals surface area contributed by atoms with Crippen LogP contribution >= 0.6 is 12.2 Å². The van der Waals surface area contributed by atoms with Gasteiger partial charge in [0.1, 0.15) is 23.3 Å². The van der Waals surface area contributed by atoms with Crippen molar-refractivity contribution in [3.8, 4) is 17.1 Å². The van der Waals surface area contributed by atoms with Crippen LogP contribution in [0.15, 0.2) is 83.4 Å². The summed E-state index contributed by atoms with van der Waals surface area (Å²) in [5, 5.41) is 6.85. The zero-order valence-corrected chi connectivity index (χ0v) is 24.8. The maximum absolute atomic E-state index is 12.7. The first-order valence-electron chi connectivity index (χ1n) is 13.4. The van der Waals surface area contributed by atoms with E-state index in [0.717, 1.165) is 16.9 Å². The van der Waals surface area contributed by atoms with E-state index in [4.69, 9.17) is 26.1 Å². The van der Waals surface area contributed by atoms with E-state index in [2.05, 4.69) is 15.6 Å². The van der Waals surface area contributed by atoms with Crippen LogP contribution in [0.25, 0.3) is 11.3 Å². The SMILES string of the molecule is COC(=O)c1cccc(-c2ccc([C@@H]3[C@@H](c4ccccn4)NC(=S)N3c3ccc(NC(=O)C(C)(C)C)c(OC)c3)o2)c1. The fourth-order valence-corrected chi connectivity index (χ4v) is 5.09. The lowest BCUT2D eigenvalue weighted by molar-refractivity contribution is -0.123. The number of rotatable bonds is 7. The maximum Gasteiger partial charge on any atom is 0.337 e. The lowest BCUT2D eigenvalue weighted by atomic mass is 9.95. The molecule has 1 aliphatic rings. The standard InChI is InChI=1S/C32H32N4O5S/c1-32(2,3)30(38)34-22-13-12-21(18-26(22)39-4)36-28(27(35-31(36)42)23-11-6-7-16-33-23)25-15-14-24(41-25)19-9-8-10-20(17-19)29(37)40-5/h6-18,27-28H,1-5H3,(H,34,38)(H,35,42)/t27-,28-/m1/s1. The zero-order valence-electron chi connectivity index (χ0n) is 24.0. The molecule has 0 aliphatic carbocycles. The van der Waals surface area contributed by atoms with Gasteiger partial charge < -0.3 is 29.4 Å². The number of anilines is 2. The summed E-state index contributed by atoms with van der Waals surface area (Å²) in [6.07, 6.45) is 1.74. The van der Waals surface area contributed by atoms with Gasteiger partial charge in [-0.1, -0.05) is 39.0 Å². The number of pyridine rings is 1. The van der Waals surface area contributed by atoms with Gasteiger partial charge >= 0.3 is 5.97 Å². The van der Waals surface area contributed by atoms with Crippen molar-refractivity contribution in [3.63, 3.8) is 0 Å². The molecular formula is C32H32N4O5S. The van der Waals surface area contributed by atoms with Gasteiger partial charge in [-0.15, -0.1) is 0 Å². The number of carbonyl (C=O) groups is 2. The fourth-order valence-electron chi connectivity index (χ4n) is 4.75. The average molecular weight is 585 g/mol. The lowest BCUT2D eigenvalue weighted by Gasteiger charge is -2.27. The van der Waals surface area contributed by atoms with Gasteiger partial charge in [0.25, 0.3) is 0 Å². The van der Waals surface area contributed by atoms with Crippen LogP contribution in [0.1, 0.15) is 54.7 Å². The summed E-state index contributed by atoms with van der Waals surface area (Å²) in [4.78, 5) is 31.3. The lowest BCUT2D eigenvalue weighted by Crippen LogP contribution is -2.30. The Balaban J connectivity index is 1.55. The van der Waals surface area contributed by atoms with E-state index in [0.29, 0.717) is 33.6 Å². The molecule has 42 heavy (non-hydrogen) atoms. The summed E-state index contributed by atoms with van der Waals surface area (Å²) in [5.41, 5.74) is 2.68. The van der Waals surface area contributed by atoms with Crippen LogP contribution < -0.4 is 20.3 Å². The molecule has 0 saturated carbocycles. The van der Waals surface area contributed by atoms with E-state index in [1.165, 1.54) is 7.11 Å². The first-order chi connectivity index (χ1) is 20.1. The predicted molar refractivity (Wildman–Crippen MR) is 164 cm³/mol. The van der Waals surface area contributed by atoms with E-state index >= 15 is 0 Å². The molecule has 2 atom stereocenters. The highest BCUT2D eigenvalue weighted by Crippen LogP contribution is 2.44. The van der Waals surface area contributed by atoms with Gasteiger partial charge in [0.2, 0.25) is 5.91 Å². The Morgan fingerprint density at radius 2 is 1.83 bits per heavy atom. The van der Waals surface area contributed by atoms with Crippen LogP contribution in [-0.2, 0) is 9.53 Å². The van der Waals surface area contributed by atoms with Crippen molar-refractivity contribution < 1.29 is 23.5 Å². The van der Waals surface area contributed by atoms with E-state index in [9.17, 15) is 9.59 Å². The first-order valence-corrected chi connectivity index (χ1v) is 13.8. The first kappa shape index (κ1) is 28.8. The molecule has 5 rings (SSSR count). The molecule has 1 aliphatic heterocycles. The van der Waals surface area contributed by atoms with Crippen LogP contribution in [0.2, 0.25) is 0 Å². The van der Waals surface area contributed by atoms with Crippen molar-refractivity contribution in [2.45, 2.75) is 32.9 Å². The summed E-state index contributed by atoms with van der Waals surface area (Å²) < 4.78 is 17.0. The summed E-state index contributed by atoms with van der Waals surface area (Å²) in [5.74, 6) is 1.17. The van der Waals surface area contributed by atoms with Gasteiger partial charge in [0.05, 0.1) is 37.2 Å². The molecule has 0 bridgehead atoms. The normalized spacial score (nSPS) is 16.6. The minimum atomic E-state index is -0.571. The largest absolute Gasteiger partial charge is 0.494 e. The molecule has 4 aromatic rings. The molecule has 2 N–H and O–H groups in total. The molecule has 10 heteroatoms. The quantitative estimate of drug-likeness (QED) is 0.191. The van der Waals surface area contributed by atoms with Crippen LogP contribution in [0.3, 0.4) is 0 Å². The Bertz CT molecular complexity index is 1630. The number of amides is 1. The van der Waals surface area contributed by atoms with Crippen LogP contribution in [-0.4, -0.2) is 36.2 Å². The number of hydrogen-bond acceptors (Lipinski definition) is 7. The second kappa shape index (κ2) is 11.7. The third-order valence-electron chi connectivity index (χ3n) is 6.98. The van der Waals surface area contributed by atoms with Crippen LogP contribution in [0, 0.1) is 5.41 Å². The molecule has 2 aromatic heterocycles. The Kier molecular flexibility index (Phi) is 8.00. The van der Waals surface area contributed by atoms with Crippen molar-refractivity contribution in [1.82, 2.24) is 10.3 Å².